The number of rotatable bonds is 6. The standard InChI is InChI=1S/C20H19N3O4/c24-18(21-12-15-13-25-16-8-4-5-9-17(16)26-15)10-11-19-22-23-20(27-19)14-6-2-1-3-7-14/h1-9,15H,10-13H2,(H,21,24)/t15-/m0/s1. The molecule has 27 heavy (non-hydrogen) atoms. The van der Waals surface area contributed by atoms with Gasteiger partial charge in [-0.05, 0) is 24.3 Å². The van der Waals surface area contributed by atoms with Gasteiger partial charge in [0.1, 0.15) is 12.7 Å². The van der Waals surface area contributed by atoms with Gasteiger partial charge >= 0.3 is 0 Å². The number of aromatic nitrogens is 2. The third kappa shape index (κ3) is 4.25. The van der Waals surface area contributed by atoms with Gasteiger partial charge in [0.25, 0.3) is 0 Å². The van der Waals surface area contributed by atoms with Gasteiger partial charge in [-0.3, -0.25) is 4.79 Å². The van der Waals surface area contributed by atoms with Crippen molar-refractivity contribution in [1.29, 1.82) is 0 Å². The number of carbonyl (C=O) groups is 1. The second-order valence-electron chi connectivity index (χ2n) is 6.17. The maximum Gasteiger partial charge on any atom is 0.247 e. The van der Waals surface area contributed by atoms with Crippen molar-refractivity contribution in [2.75, 3.05) is 13.2 Å². The molecule has 2 heterocycles. The van der Waals surface area contributed by atoms with Gasteiger partial charge in [0.15, 0.2) is 11.5 Å². The lowest BCUT2D eigenvalue weighted by atomic mass is 10.2. The summed E-state index contributed by atoms with van der Waals surface area (Å²) in [6.07, 6.45) is 0.439. The van der Waals surface area contributed by atoms with Crippen LogP contribution in [0.25, 0.3) is 11.5 Å². The Morgan fingerprint density at radius 1 is 1.04 bits per heavy atom. The minimum absolute atomic E-state index is 0.100. The summed E-state index contributed by atoms with van der Waals surface area (Å²) in [4.78, 5) is 12.1. The molecule has 0 saturated heterocycles. The fourth-order valence-electron chi connectivity index (χ4n) is 2.75. The number of benzene rings is 2. The summed E-state index contributed by atoms with van der Waals surface area (Å²) >= 11 is 0. The highest BCUT2D eigenvalue weighted by Crippen LogP contribution is 2.30. The van der Waals surface area contributed by atoms with Crippen LogP contribution >= 0.6 is 0 Å². The van der Waals surface area contributed by atoms with E-state index in [4.69, 9.17) is 13.9 Å². The first-order valence-corrected chi connectivity index (χ1v) is 8.81. The van der Waals surface area contributed by atoms with Crippen molar-refractivity contribution < 1.29 is 18.7 Å². The van der Waals surface area contributed by atoms with Crippen LogP contribution in [0, 0.1) is 0 Å². The Morgan fingerprint density at radius 2 is 1.81 bits per heavy atom. The van der Waals surface area contributed by atoms with Crippen molar-refractivity contribution in [2.24, 2.45) is 0 Å². The average Bonchev–Trinajstić information content (AvgIpc) is 3.20. The number of amides is 1. The van der Waals surface area contributed by atoms with Crippen LogP contribution in [0.3, 0.4) is 0 Å². The van der Waals surface area contributed by atoms with E-state index in [-0.39, 0.29) is 18.4 Å². The molecule has 1 aliphatic heterocycles. The van der Waals surface area contributed by atoms with Crippen molar-refractivity contribution in [3.63, 3.8) is 0 Å². The highest BCUT2D eigenvalue weighted by molar-refractivity contribution is 5.76. The summed E-state index contributed by atoms with van der Waals surface area (Å²) in [6, 6.07) is 17.0. The number of aryl methyl sites for hydroxylation is 1. The van der Waals surface area contributed by atoms with Crippen LogP contribution in [0.4, 0.5) is 0 Å². The molecule has 7 heteroatoms. The second-order valence-corrected chi connectivity index (χ2v) is 6.17. The molecule has 3 aromatic rings. The number of nitrogens with one attached hydrogen (secondary N) is 1. The zero-order chi connectivity index (χ0) is 18.5. The zero-order valence-corrected chi connectivity index (χ0v) is 14.6. The van der Waals surface area contributed by atoms with Gasteiger partial charge < -0.3 is 19.2 Å². The summed E-state index contributed by atoms with van der Waals surface area (Å²) in [5.41, 5.74) is 0.857. The number of hydrogen-bond donors (Lipinski definition) is 1. The molecule has 7 nitrogen and oxygen atoms in total. The number of carbonyl (C=O) groups excluding carboxylic acids is 1. The third-order valence-corrected chi connectivity index (χ3v) is 4.15. The van der Waals surface area contributed by atoms with Gasteiger partial charge in [-0.2, -0.15) is 0 Å². The van der Waals surface area contributed by atoms with Gasteiger partial charge in [0, 0.05) is 18.4 Å². The van der Waals surface area contributed by atoms with Crippen molar-refractivity contribution in [3.8, 4) is 23.0 Å². The smallest absolute Gasteiger partial charge is 0.247 e. The Bertz CT molecular complexity index is 910. The van der Waals surface area contributed by atoms with Gasteiger partial charge in [0.2, 0.25) is 17.7 Å². The van der Waals surface area contributed by atoms with Crippen molar-refractivity contribution in [1.82, 2.24) is 15.5 Å². The van der Waals surface area contributed by atoms with Crippen LogP contribution in [-0.2, 0) is 11.2 Å². The zero-order valence-electron chi connectivity index (χ0n) is 14.6. The largest absolute Gasteiger partial charge is 0.486 e. The Kier molecular flexibility index (Phi) is 5.00. The Hall–Kier alpha value is -3.35. The third-order valence-electron chi connectivity index (χ3n) is 4.15. The Morgan fingerprint density at radius 3 is 2.67 bits per heavy atom. The molecule has 1 aromatic heterocycles. The number of ether oxygens (including phenoxy) is 2. The molecule has 1 aliphatic rings. The summed E-state index contributed by atoms with van der Waals surface area (Å²) < 4.78 is 17.1. The van der Waals surface area contributed by atoms with Crippen molar-refractivity contribution >= 4 is 5.91 Å². The maximum atomic E-state index is 12.1. The minimum atomic E-state index is -0.211. The van der Waals surface area contributed by atoms with Crippen molar-refractivity contribution in [3.05, 3.63) is 60.5 Å². The van der Waals surface area contributed by atoms with E-state index in [1.165, 1.54) is 0 Å². The van der Waals surface area contributed by atoms with E-state index in [0.717, 1.165) is 11.3 Å². The molecular formula is C20H19N3O4. The fourth-order valence-corrected chi connectivity index (χ4v) is 2.75. The monoisotopic (exact) mass is 365 g/mol. The molecule has 0 spiro atoms. The van der Waals surface area contributed by atoms with E-state index in [1.54, 1.807) is 0 Å². The molecule has 4 rings (SSSR count). The molecule has 1 atom stereocenters. The first kappa shape index (κ1) is 17.1. The lowest BCUT2D eigenvalue weighted by molar-refractivity contribution is -0.121. The lowest BCUT2D eigenvalue weighted by Gasteiger charge is -2.26. The molecule has 0 unspecified atom stereocenters. The number of nitrogens with zero attached hydrogens (tertiary/aromatic N) is 2. The molecule has 138 valence electrons. The molecule has 0 radical (unpaired) electrons. The fraction of sp³-hybridized carbons (Fsp3) is 0.250. The first-order chi connectivity index (χ1) is 13.3. The van der Waals surface area contributed by atoms with Crippen LogP contribution in [0.5, 0.6) is 11.5 Å². The first-order valence-electron chi connectivity index (χ1n) is 8.81. The molecule has 0 fully saturated rings. The van der Waals surface area contributed by atoms with Crippen LogP contribution in [-0.4, -0.2) is 35.4 Å². The van der Waals surface area contributed by atoms with Crippen LogP contribution in [0.15, 0.2) is 59.0 Å². The summed E-state index contributed by atoms with van der Waals surface area (Å²) in [6.45, 7) is 0.785. The van der Waals surface area contributed by atoms with Crippen LogP contribution in [0.2, 0.25) is 0 Å². The van der Waals surface area contributed by atoms with Crippen LogP contribution < -0.4 is 14.8 Å². The molecule has 0 bridgehead atoms. The number of hydrogen-bond acceptors (Lipinski definition) is 6. The van der Waals surface area contributed by atoms with Gasteiger partial charge in [-0.25, -0.2) is 0 Å². The molecular weight excluding hydrogens is 346 g/mol. The molecule has 0 aliphatic carbocycles. The highest BCUT2D eigenvalue weighted by atomic mass is 16.6. The predicted octanol–water partition coefficient (Wildman–Crippen LogP) is 2.63. The van der Waals surface area contributed by atoms with E-state index in [1.807, 2.05) is 54.6 Å². The maximum absolute atomic E-state index is 12.1. The van der Waals surface area contributed by atoms with E-state index >= 15 is 0 Å². The summed E-state index contributed by atoms with van der Waals surface area (Å²) in [5.74, 6) is 2.22. The molecule has 0 saturated carbocycles. The van der Waals surface area contributed by atoms with E-state index in [2.05, 4.69) is 15.5 Å². The average molecular weight is 365 g/mol. The summed E-state index contributed by atoms with van der Waals surface area (Å²) in [5, 5.41) is 10.9. The minimum Gasteiger partial charge on any atom is -0.486 e. The normalized spacial score (nSPS) is 15.3. The second kappa shape index (κ2) is 7.90. The number of fused-ring (bicyclic) bond motifs is 1. The topological polar surface area (TPSA) is 86.5 Å². The van der Waals surface area contributed by atoms with Crippen molar-refractivity contribution in [2.45, 2.75) is 18.9 Å². The molecule has 1 N–H and O–H groups in total. The predicted molar refractivity (Wildman–Crippen MR) is 97.4 cm³/mol. The lowest BCUT2D eigenvalue weighted by Crippen LogP contribution is -2.40. The van der Waals surface area contributed by atoms with E-state index in [9.17, 15) is 4.79 Å². The quantitative estimate of drug-likeness (QED) is 0.723. The molecule has 2 aromatic carbocycles. The van der Waals surface area contributed by atoms with Crippen LogP contribution in [0.1, 0.15) is 12.3 Å². The van der Waals surface area contributed by atoms with E-state index in [0.29, 0.717) is 37.1 Å². The SMILES string of the molecule is O=C(CCc1nnc(-c2ccccc2)o1)NC[C@H]1COc2ccccc2O1. The number of para-hydroxylation sites is 2. The summed E-state index contributed by atoms with van der Waals surface area (Å²) in [7, 11) is 0. The van der Waals surface area contributed by atoms with Gasteiger partial charge in [0.05, 0.1) is 6.54 Å². The Balaban J connectivity index is 1.23. The van der Waals surface area contributed by atoms with E-state index < -0.39 is 0 Å². The van der Waals surface area contributed by atoms with Gasteiger partial charge in [-0.15, -0.1) is 10.2 Å². The molecule has 1 amide bonds. The highest BCUT2D eigenvalue weighted by Gasteiger charge is 2.21. The Labute approximate surface area is 156 Å². The van der Waals surface area contributed by atoms with Gasteiger partial charge in [-0.1, -0.05) is 30.3 Å².